The molecule has 1 rings (SSSR count). The highest BCUT2D eigenvalue weighted by Gasteiger charge is 2.11. The molecule has 0 saturated heterocycles. The molecule has 96 valence electrons. The van der Waals surface area contributed by atoms with E-state index in [9.17, 15) is 0 Å². The molecule has 17 heavy (non-hydrogen) atoms. The van der Waals surface area contributed by atoms with Crippen LogP contribution in [0.15, 0.2) is 18.2 Å². The molecule has 0 radical (unpaired) electrons. The van der Waals surface area contributed by atoms with Crippen molar-refractivity contribution in [3.8, 4) is 0 Å². The van der Waals surface area contributed by atoms with Crippen molar-refractivity contribution in [3.63, 3.8) is 0 Å². The summed E-state index contributed by atoms with van der Waals surface area (Å²) in [6, 6.07) is 5.86. The predicted molar refractivity (Wildman–Crippen MR) is 75.3 cm³/mol. The Balaban J connectivity index is 2.60. The second-order valence-corrected chi connectivity index (χ2v) is 5.62. The second kappa shape index (κ2) is 7.22. The summed E-state index contributed by atoms with van der Waals surface area (Å²) in [4.78, 5) is 0. The van der Waals surface area contributed by atoms with Crippen molar-refractivity contribution < 1.29 is 0 Å². The van der Waals surface area contributed by atoms with Gasteiger partial charge >= 0.3 is 0 Å². The highest BCUT2D eigenvalue weighted by Crippen LogP contribution is 2.23. The van der Waals surface area contributed by atoms with E-state index in [0.29, 0.717) is 16.0 Å². The number of hydrogen-bond acceptors (Lipinski definition) is 2. The van der Waals surface area contributed by atoms with Gasteiger partial charge in [-0.3, -0.25) is 11.3 Å². The molecule has 0 aliphatic carbocycles. The van der Waals surface area contributed by atoms with Crippen molar-refractivity contribution in [2.24, 2.45) is 11.8 Å². The SMILES string of the molecule is CC(C)CCC(Cc1ccc(Cl)cc1Cl)NN. The minimum atomic E-state index is 0.260. The molecule has 0 aliphatic heterocycles. The van der Waals surface area contributed by atoms with E-state index in [2.05, 4.69) is 19.3 Å². The van der Waals surface area contributed by atoms with Crippen molar-refractivity contribution in [2.75, 3.05) is 0 Å². The van der Waals surface area contributed by atoms with Crippen LogP contribution >= 0.6 is 23.2 Å². The highest BCUT2D eigenvalue weighted by atomic mass is 35.5. The first-order valence-electron chi connectivity index (χ1n) is 5.93. The van der Waals surface area contributed by atoms with Crippen molar-refractivity contribution in [2.45, 2.75) is 39.2 Å². The van der Waals surface area contributed by atoms with Crippen molar-refractivity contribution in [1.82, 2.24) is 5.43 Å². The zero-order valence-corrected chi connectivity index (χ0v) is 11.9. The Bertz CT molecular complexity index is 353. The molecular formula is C13H20Cl2N2. The van der Waals surface area contributed by atoms with E-state index in [1.165, 1.54) is 0 Å². The number of benzene rings is 1. The van der Waals surface area contributed by atoms with Crippen LogP contribution in [0.5, 0.6) is 0 Å². The topological polar surface area (TPSA) is 38.0 Å². The summed E-state index contributed by atoms with van der Waals surface area (Å²) in [5.74, 6) is 6.25. The van der Waals surface area contributed by atoms with E-state index in [4.69, 9.17) is 29.0 Å². The molecule has 3 N–H and O–H groups in total. The number of halogens is 2. The van der Waals surface area contributed by atoms with Gasteiger partial charge in [-0.05, 0) is 42.9 Å². The molecule has 0 heterocycles. The van der Waals surface area contributed by atoms with Crippen molar-refractivity contribution >= 4 is 23.2 Å². The lowest BCUT2D eigenvalue weighted by Gasteiger charge is -2.17. The standard InChI is InChI=1S/C13H20Cl2N2/c1-9(2)3-6-12(17-16)7-10-4-5-11(14)8-13(10)15/h4-5,8-9,12,17H,3,6-7,16H2,1-2H3. The van der Waals surface area contributed by atoms with Crippen LogP contribution in [-0.4, -0.2) is 6.04 Å². The summed E-state index contributed by atoms with van der Waals surface area (Å²) < 4.78 is 0. The molecule has 1 atom stereocenters. The van der Waals surface area contributed by atoms with Gasteiger partial charge in [0, 0.05) is 16.1 Å². The molecule has 0 aliphatic rings. The van der Waals surface area contributed by atoms with Crippen molar-refractivity contribution in [1.29, 1.82) is 0 Å². The average Bonchev–Trinajstić information content (AvgIpc) is 2.26. The van der Waals surface area contributed by atoms with Crippen LogP contribution in [0.4, 0.5) is 0 Å². The Morgan fingerprint density at radius 2 is 1.94 bits per heavy atom. The third-order valence-corrected chi connectivity index (χ3v) is 3.40. The maximum Gasteiger partial charge on any atom is 0.0453 e. The molecule has 0 spiro atoms. The average molecular weight is 275 g/mol. The summed E-state index contributed by atoms with van der Waals surface area (Å²) in [5.41, 5.74) is 3.94. The van der Waals surface area contributed by atoms with Gasteiger partial charge in [-0.15, -0.1) is 0 Å². The lowest BCUT2D eigenvalue weighted by molar-refractivity contribution is 0.434. The zero-order valence-electron chi connectivity index (χ0n) is 10.3. The fourth-order valence-corrected chi connectivity index (χ4v) is 2.22. The molecule has 0 saturated carbocycles. The van der Waals surface area contributed by atoms with E-state index in [1.54, 1.807) is 6.07 Å². The van der Waals surface area contributed by atoms with Gasteiger partial charge in [-0.2, -0.15) is 0 Å². The van der Waals surface area contributed by atoms with Gasteiger partial charge in [-0.25, -0.2) is 0 Å². The van der Waals surface area contributed by atoms with Crippen LogP contribution in [0, 0.1) is 5.92 Å². The van der Waals surface area contributed by atoms with Gasteiger partial charge in [0.25, 0.3) is 0 Å². The largest absolute Gasteiger partial charge is 0.271 e. The second-order valence-electron chi connectivity index (χ2n) is 4.77. The van der Waals surface area contributed by atoms with Crippen LogP contribution in [0.25, 0.3) is 0 Å². The van der Waals surface area contributed by atoms with E-state index >= 15 is 0 Å². The predicted octanol–water partition coefficient (Wildman–Crippen LogP) is 3.80. The van der Waals surface area contributed by atoms with Crippen LogP contribution in [0.2, 0.25) is 10.0 Å². The van der Waals surface area contributed by atoms with E-state index in [0.717, 1.165) is 24.8 Å². The Kier molecular flexibility index (Phi) is 6.28. The Morgan fingerprint density at radius 1 is 1.24 bits per heavy atom. The molecule has 0 fully saturated rings. The number of hydrogen-bond donors (Lipinski definition) is 2. The number of nitrogens with two attached hydrogens (primary N) is 1. The minimum Gasteiger partial charge on any atom is -0.271 e. The quantitative estimate of drug-likeness (QED) is 0.612. The molecule has 1 unspecified atom stereocenters. The summed E-state index contributed by atoms with van der Waals surface area (Å²) in [6.07, 6.45) is 3.03. The highest BCUT2D eigenvalue weighted by molar-refractivity contribution is 6.35. The molecule has 4 heteroatoms. The third kappa shape index (κ3) is 5.26. The summed E-state index contributed by atoms with van der Waals surface area (Å²) >= 11 is 12.0. The van der Waals surface area contributed by atoms with Crippen LogP contribution < -0.4 is 11.3 Å². The van der Waals surface area contributed by atoms with Crippen LogP contribution in [0.1, 0.15) is 32.3 Å². The maximum atomic E-state index is 6.14. The molecule has 1 aromatic carbocycles. The lowest BCUT2D eigenvalue weighted by atomic mass is 9.98. The van der Waals surface area contributed by atoms with E-state index < -0.39 is 0 Å². The van der Waals surface area contributed by atoms with Gasteiger partial charge in [0.15, 0.2) is 0 Å². The molecule has 2 nitrogen and oxygen atoms in total. The first-order chi connectivity index (χ1) is 8.02. The molecule has 1 aromatic rings. The van der Waals surface area contributed by atoms with Crippen LogP contribution in [-0.2, 0) is 6.42 Å². The molecule has 0 bridgehead atoms. The Hall–Kier alpha value is -0.280. The summed E-state index contributed by atoms with van der Waals surface area (Å²) in [5, 5.41) is 1.38. The fraction of sp³-hybridized carbons (Fsp3) is 0.538. The third-order valence-electron chi connectivity index (χ3n) is 2.81. The minimum absolute atomic E-state index is 0.260. The monoisotopic (exact) mass is 274 g/mol. The van der Waals surface area contributed by atoms with Gasteiger partial charge < -0.3 is 0 Å². The Labute approximate surface area is 113 Å². The molecule has 0 amide bonds. The zero-order chi connectivity index (χ0) is 12.8. The number of hydrazine groups is 1. The van der Waals surface area contributed by atoms with E-state index in [1.807, 2.05) is 12.1 Å². The smallest absolute Gasteiger partial charge is 0.0453 e. The first-order valence-corrected chi connectivity index (χ1v) is 6.68. The normalized spacial score (nSPS) is 13.1. The molecule has 0 aromatic heterocycles. The van der Waals surface area contributed by atoms with Gasteiger partial charge in [0.1, 0.15) is 0 Å². The fourth-order valence-electron chi connectivity index (χ4n) is 1.73. The molecular weight excluding hydrogens is 255 g/mol. The first kappa shape index (κ1) is 14.8. The summed E-state index contributed by atoms with van der Waals surface area (Å²) in [7, 11) is 0. The number of nitrogens with one attached hydrogen (secondary N) is 1. The summed E-state index contributed by atoms with van der Waals surface area (Å²) in [6.45, 7) is 4.42. The Morgan fingerprint density at radius 3 is 2.47 bits per heavy atom. The van der Waals surface area contributed by atoms with Gasteiger partial charge in [-0.1, -0.05) is 43.1 Å². The number of rotatable bonds is 6. The lowest BCUT2D eigenvalue weighted by Crippen LogP contribution is -2.37. The maximum absolute atomic E-state index is 6.14. The van der Waals surface area contributed by atoms with E-state index in [-0.39, 0.29) is 6.04 Å². The van der Waals surface area contributed by atoms with Gasteiger partial charge in [0.2, 0.25) is 0 Å². The van der Waals surface area contributed by atoms with Gasteiger partial charge in [0.05, 0.1) is 0 Å². The van der Waals surface area contributed by atoms with Crippen LogP contribution in [0.3, 0.4) is 0 Å². The van der Waals surface area contributed by atoms with Crippen molar-refractivity contribution in [3.05, 3.63) is 33.8 Å².